The zero-order chi connectivity index (χ0) is 16.2. The Hall–Kier alpha value is -2.71. The maximum Gasteiger partial charge on any atom is 0.325 e. The minimum atomic E-state index is -0.990. The Labute approximate surface area is 131 Å². The van der Waals surface area contributed by atoms with Crippen LogP contribution in [0.1, 0.15) is 43.3 Å². The van der Waals surface area contributed by atoms with Crippen LogP contribution in [0.5, 0.6) is 0 Å². The van der Waals surface area contributed by atoms with Crippen LogP contribution in [0.3, 0.4) is 0 Å². The Morgan fingerprint density at radius 1 is 1.43 bits per heavy atom. The van der Waals surface area contributed by atoms with Gasteiger partial charge in [0.05, 0.1) is 0 Å². The average molecular weight is 319 g/mol. The summed E-state index contributed by atoms with van der Waals surface area (Å²) in [7, 11) is 0. The second-order valence-corrected chi connectivity index (χ2v) is 5.51. The molecule has 122 valence electrons. The predicted octanol–water partition coefficient (Wildman–Crippen LogP) is 1.19. The van der Waals surface area contributed by atoms with Crippen molar-refractivity contribution >= 4 is 17.7 Å². The number of hydrogen-bond acceptors (Lipinski definition) is 6. The Morgan fingerprint density at radius 3 is 3.00 bits per heavy atom. The van der Waals surface area contributed by atoms with Gasteiger partial charge in [-0.25, -0.2) is 0 Å². The third-order valence-corrected chi connectivity index (χ3v) is 3.43. The number of amides is 1. The maximum absolute atomic E-state index is 11.8. The molecule has 0 bridgehead atoms. The van der Waals surface area contributed by atoms with E-state index in [0.717, 1.165) is 18.7 Å². The van der Waals surface area contributed by atoms with Crippen molar-refractivity contribution in [3.8, 4) is 0 Å². The first-order valence-corrected chi connectivity index (χ1v) is 7.48. The predicted molar refractivity (Wildman–Crippen MR) is 77.7 cm³/mol. The first-order valence-electron chi connectivity index (χ1n) is 7.48. The molecule has 2 aromatic heterocycles. The Morgan fingerprint density at radius 2 is 2.26 bits per heavy atom. The van der Waals surface area contributed by atoms with Gasteiger partial charge in [-0.1, -0.05) is 5.16 Å². The molecule has 1 amide bonds. The first-order chi connectivity index (χ1) is 11.1. The van der Waals surface area contributed by atoms with Gasteiger partial charge in [-0.15, -0.1) is 0 Å². The van der Waals surface area contributed by atoms with Gasteiger partial charge in [0, 0.05) is 31.0 Å². The fourth-order valence-electron chi connectivity index (χ4n) is 2.14. The molecule has 0 aromatic carbocycles. The topological polar surface area (TPSA) is 123 Å². The highest BCUT2D eigenvalue weighted by Crippen LogP contribution is 2.38. The molecule has 9 nitrogen and oxygen atoms in total. The lowest BCUT2D eigenvalue weighted by atomic mass is 10.2. The summed E-state index contributed by atoms with van der Waals surface area (Å²) < 4.78 is 6.39. The molecule has 2 heterocycles. The maximum atomic E-state index is 11.8. The number of carboxylic acids is 1. The number of aromatic nitrogens is 4. The third-order valence-electron chi connectivity index (χ3n) is 3.43. The van der Waals surface area contributed by atoms with Gasteiger partial charge in [-0.3, -0.25) is 14.3 Å². The van der Waals surface area contributed by atoms with E-state index in [1.54, 1.807) is 6.07 Å². The fraction of sp³-hybridized carbons (Fsp3) is 0.500. The molecule has 2 aromatic rings. The molecule has 23 heavy (non-hydrogen) atoms. The van der Waals surface area contributed by atoms with Crippen LogP contribution in [-0.2, 0) is 22.6 Å². The van der Waals surface area contributed by atoms with Gasteiger partial charge in [-0.05, 0) is 19.3 Å². The van der Waals surface area contributed by atoms with Crippen LogP contribution in [0.4, 0.5) is 5.82 Å². The fourth-order valence-corrected chi connectivity index (χ4v) is 2.14. The quantitative estimate of drug-likeness (QED) is 0.749. The number of nitrogens with zero attached hydrogens (tertiary/aromatic N) is 4. The van der Waals surface area contributed by atoms with Crippen molar-refractivity contribution in [2.24, 2.45) is 0 Å². The lowest BCUT2D eigenvalue weighted by Gasteiger charge is -2.00. The number of anilines is 1. The minimum absolute atomic E-state index is 0.187. The zero-order valence-electron chi connectivity index (χ0n) is 12.4. The molecule has 0 radical (unpaired) electrons. The van der Waals surface area contributed by atoms with E-state index in [4.69, 9.17) is 9.63 Å². The van der Waals surface area contributed by atoms with Gasteiger partial charge < -0.3 is 14.9 Å². The average Bonchev–Trinajstić information content (AvgIpc) is 3.08. The lowest BCUT2D eigenvalue weighted by Crippen LogP contribution is -2.13. The molecule has 0 unspecified atom stereocenters. The zero-order valence-corrected chi connectivity index (χ0v) is 12.4. The summed E-state index contributed by atoms with van der Waals surface area (Å²) >= 11 is 0. The number of aryl methyl sites for hydroxylation is 1. The summed E-state index contributed by atoms with van der Waals surface area (Å²) in [6, 6.07) is 1.56. The molecule has 0 spiro atoms. The van der Waals surface area contributed by atoms with E-state index in [0.29, 0.717) is 36.9 Å². The molecule has 1 saturated carbocycles. The number of hydrogen-bond donors (Lipinski definition) is 2. The number of carbonyl (C=O) groups excluding carboxylic acids is 1. The van der Waals surface area contributed by atoms with Crippen LogP contribution < -0.4 is 5.32 Å². The van der Waals surface area contributed by atoms with Crippen molar-refractivity contribution in [3.05, 3.63) is 24.0 Å². The van der Waals surface area contributed by atoms with Crippen molar-refractivity contribution in [2.45, 2.75) is 44.6 Å². The van der Waals surface area contributed by atoms with Crippen LogP contribution in [-0.4, -0.2) is 36.9 Å². The standard InChI is InChI=1S/C14H17N5O4/c20-11(15-10-6-7-19(17-10)8-13(21)22)2-1-3-12-16-14(18-23-12)9-4-5-9/h6-7,9H,1-5,8H2,(H,21,22)(H,15,17,20). The van der Waals surface area contributed by atoms with Gasteiger partial charge in [0.2, 0.25) is 11.8 Å². The van der Waals surface area contributed by atoms with Gasteiger partial charge in [0.1, 0.15) is 6.54 Å². The molecule has 3 rings (SSSR count). The van der Waals surface area contributed by atoms with Gasteiger partial charge in [0.25, 0.3) is 0 Å². The third kappa shape index (κ3) is 4.38. The van der Waals surface area contributed by atoms with Crippen LogP contribution in [0, 0.1) is 0 Å². The van der Waals surface area contributed by atoms with Crippen molar-refractivity contribution in [3.63, 3.8) is 0 Å². The van der Waals surface area contributed by atoms with E-state index < -0.39 is 5.97 Å². The van der Waals surface area contributed by atoms with E-state index in [1.807, 2.05) is 0 Å². The Kier molecular flexibility index (Phi) is 4.35. The smallest absolute Gasteiger partial charge is 0.325 e. The molecule has 0 atom stereocenters. The summed E-state index contributed by atoms with van der Waals surface area (Å²) in [6.07, 6.45) is 5.19. The highest BCUT2D eigenvalue weighted by atomic mass is 16.5. The molecule has 0 saturated heterocycles. The van der Waals surface area contributed by atoms with E-state index in [9.17, 15) is 9.59 Å². The summed E-state index contributed by atoms with van der Waals surface area (Å²) in [5, 5.41) is 19.2. The molecule has 2 N–H and O–H groups in total. The number of aliphatic carboxylic acids is 1. The largest absolute Gasteiger partial charge is 0.480 e. The summed E-state index contributed by atoms with van der Waals surface area (Å²) in [5.41, 5.74) is 0. The van der Waals surface area contributed by atoms with Crippen LogP contribution in [0.15, 0.2) is 16.8 Å². The first kappa shape index (κ1) is 15.2. The van der Waals surface area contributed by atoms with Crippen LogP contribution >= 0.6 is 0 Å². The van der Waals surface area contributed by atoms with Crippen molar-refractivity contribution < 1.29 is 19.2 Å². The minimum Gasteiger partial charge on any atom is -0.480 e. The van der Waals surface area contributed by atoms with Crippen LogP contribution in [0.2, 0.25) is 0 Å². The van der Waals surface area contributed by atoms with Crippen molar-refractivity contribution in [2.75, 3.05) is 5.32 Å². The molecule has 0 aliphatic heterocycles. The van der Waals surface area contributed by atoms with Gasteiger partial charge in [0.15, 0.2) is 11.6 Å². The molecule has 9 heteroatoms. The number of rotatable bonds is 8. The van der Waals surface area contributed by atoms with E-state index in [1.165, 1.54) is 10.9 Å². The SMILES string of the molecule is O=C(O)Cn1ccc(NC(=O)CCCc2nc(C3CC3)no2)n1. The molecule has 1 fully saturated rings. The van der Waals surface area contributed by atoms with Gasteiger partial charge in [-0.2, -0.15) is 10.1 Å². The van der Waals surface area contributed by atoms with E-state index in [-0.39, 0.29) is 12.5 Å². The molecular weight excluding hydrogens is 302 g/mol. The molecule has 1 aliphatic rings. The Bertz CT molecular complexity index is 704. The number of carboxylic acid groups (broad SMARTS) is 1. The lowest BCUT2D eigenvalue weighted by molar-refractivity contribution is -0.137. The van der Waals surface area contributed by atoms with Gasteiger partial charge >= 0.3 is 5.97 Å². The Balaban J connectivity index is 1.40. The highest BCUT2D eigenvalue weighted by Gasteiger charge is 2.28. The van der Waals surface area contributed by atoms with Crippen molar-refractivity contribution in [1.29, 1.82) is 0 Å². The number of nitrogens with one attached hydrogen (secondary N) is 1. The molecule has 1 aliphatic carbocycles. The second kappa shape index (κ2) is 6.59. The normalized spacial score (nSPS) is 13.9. The van der Waals surface area contributed by atoms with Crippen LogP contribution in [0.25, 0.3) is 0 Å². The highest BCUT2D eigenvalue weighted by molar-refractivity contribution is 5.89. The monoisotopic (exact) mass is 319 g/mol. The number of carbonyl (C=O) groups is 2. The molecular formula is C14H17N5O4. The summed E-state index contributed by atoms with van der Waals surface area (Å²) in [6.45, 7) is -0.240. The summed E-state index contributed by atoms with van der Waals surface area (Å²) in [4.78, 5) is 26.7. The van der Waals surface area contributed by atoms with Crippen molar-refractivity contribution in [1.82, 2.24) is 19.9 Å². The van der Waals surface area contributed by atoms with E-state index in [2.05, 4.69) is 20.6 Å². The van der Waals surface area contributed by atoms with E-state index >= 15 is 0 Å². The summed E-state index contributed by atoms with van der Waals surface area (Å²) in [5.74, 6) is 0.948. The second-order valence-electron chi connectivity index (χ2n) is 5.51.